The van der Waals surface area contributed by atoms with Gasteiger partial charge in [-0.3, -0.25) is 4.98 Å². The summed E-state index contributed by atoms with van der Waals surface area (Å²) in [7, 11) is 0. The molecule has 1 unspecified atom stereocenters. The molecule has 1 nitrogen and oxygen atoms in total. The Bertz CT molecular complexity index is 268. The molecular formula is C10H14BrNS. The average Bonchev–Trinajstić information content (AvgIpc) is 2.88. The molecule has 1 aliphatic rings. The van der Waals surface area contributed by atoms with E-state index in [1.165, 1.54) is 24.1 Å². The average molecular weight is 260 g/mol. The first-order valence-corrected chi connectivity index (χ1v) is 6.68. The van der Waals surface area contributed by atoms with Crippen LogP contribution in [0.3, 0.4) is 0 Å². The zero-order chi connectivity index (χ0) is 9.31. The lowest BCUT2D eigenvalue weighted by molar-refractivity contribution is 0.321. The third-order valence-electron chi connectivity index (χ3n) is 2.93. The predicted molar refractivity (Wildman–Crippen MR) is 60.4 cm³/mol. The van der Waals surface area contributed by atoms with E-state index in [4.69, 9.17) is 0 Å². The number of rotatable bonds is 4. The largest absolute Gasteiger partial charge is 0.253 e. The highest BCUT2D eigenvalue weighted by molar-refractivity contribution is 9.09. The van der Waals surface area contributed by atoms with Crippen LogP contribution in [0, 0.1) is 11.3 Å². The van der Waals surface area contributed by atoms with Crippen LogP contribution in [0.15, 0.2) is 11.7 Å². The molecule has 3 heteroatoms. The van der Waals surface area contributed by atoms with Crippen LogP contribution in [0.5, 0.6) is 0 Å². The number of alkyl halides is 1. The van der Waals surface area contributed by atoms with Crippen LogP contribution >= 0.6 is 27.3 Å². The maximum atomic E-state index is 4.12. The first-order valence-electron chi connectivity index (χ1n) is 4.68. The van der Waals surface area contributed by atoms with Crippen LogP contribution in [0.2, 0.25) is 0 Å². The quantitative estimate of drug-likeness (QED) is 0.755. The van der Waals surface area contributed by atoms with Gasteiger partial charge in [-0.05, 0) is 30.6 Å². The lowest BCUT2D eigenvalue weighted by atomic mass is 9.83. The van der Waals surface area contributed by atoms with E-state index in [0.717, 1.165) is 11.2 Å². The summed E-state index contributed by atoms with van der Waals surface area (Å²) < 4.78 is 0. The van der Waals surface area contributed by atoms with Crippen LogP contribution in [0.1, 0.15) is 24.6 Å². The Morgan fingerprint density at radius 3 is 2.92 bits per heavy atom. The molecule has 1 atom stereocenters. The maximum absolute atomic E-state index is 4.12. The Balaban J connectivity index is 2.05. The molecule has 0 bridgehead atoms. The second-order valence-corrected chi connectivity index (χ2v) is 5.74. The van der Waals surface area contributed by atoms with Gasteiger partial charge in [-0.1, -0.05) is 22.9 Å². The van der Waals surface area contributed by atoms with E-state index >= 15 is 0 Å². The number of nitrogens with zero attached hydrogens (tertiary/aromatic N) is 1. The molecule has 13 heavy (non-hydrogen) atoms. The summed E-state index contributed by atoms with van der Waals surface area (Å²) in [6.45, 7) is 2.39. The van der Waals surface area contributed by atoms with Gasteiger partial charge in [0.25, 0.3) is 0 Å². The van der Waals surface area contributed by atoms with Crippen molar-refractivity contribution in [3.05, 3.63) is 16.6 Å². The lowest BCUT2D eigenvalue weighted by Crippen LogP contribution is -2.23. The second-order valence-electron chi connectivity index (χ2n) is 4.21. The number of halogens is 1. The topological polar surface area (TPSA) is 12.9 Å². The van der Waals surface area contributed by atoms with Crippen molar-refractivity contribution in [2.45, 2.75) is 26.2 Å². The van der Waals surface area contributed by atoms with Crippen molar-refractivity contribution in [2.75, 3.05) is 5.33 Å². The van der Waals surface area contributed by atoms with Crippen molar-refractivity contribution in [1.82, 2.24) is 4.98 Å². The van der Waals surface area contributed by atoms with Gasteiger partial charge >= 0.3 is 0 Å². The molecule has 0 amide bonds. The van der Waals surface area contributed by atoms with Gasteiger partial charge in [-0.2, -0.15) is 0 Å². The van der Waals surface area contributed by atoms with Gasteiger partial charge in [0.1, 0.15) is 0 Å². The van der Waals surface area contributed by atoms with E-state index in [1.54, 1.807) is 11.3 Å². The molecule has 0 N–H and O–H groups in total. The SMILES string of the molecule is CC(CBr)(Cc1cncs1)C1CC1. The molecule has 1 fully saturated rings. The first kappa shape index (κ1) is 9.66. The van der Waals surface area contributed by atoms with Gasteiger partial charge in [0.05, 0.1) is 5.51 Å². The molecule has 2 rings (SSSR count). The number of thiazole rings is 1. The van der Waals surface area contributed by atoms with E-state index < -0.39 is 0 Å². The molecule has 1 aromatic heterocycles. The Morgan fingerprint density at radius 2 is 2.46 bits per heavy atom. The summed E-state index contributed by atoms with van der Waals surface area (Å²) in [5.74, 6) is 0.939. The monoisotopic (exact) mass is 259 g/mol. The molecule has 72 valence electrons. The molecular weight excluding hydrogens is 246 g/mol. The summed E-state index contributed by atoms with van der Waals surface area (Å²) in [5, 5.41) is 1.11. The second kappa shape index (κ2) is 3.70. The van der Waals surface area contributed by atoms with Gasteiger partial charge in [-0.25, -0.2) is 0 Å². The molecule has 0 aromatic carbocycles. The fourth-order valence-corrected chi connectivity index (χ4v) is 3.26. The van der Waals surface area contributed by atoms with Crippen LogP contribution in [0.4, 0.5) is 0 Å². The minimum atomic E-state index is 0.465. The molecule has 1 saturated carbocycles. The maximum Gasteiger partial charge on any atom is 0.0794 e. The van der Waals surface area contributed by atoms with Crippen LogP contribution in [-0.2, 0) is 6.42 Å². The molecule has 1 aliphatic carbocycles. The van der Waals surface area contributed by atoms with Crippen molar-refractivity contribution in [1.29, 1.82) is 0 Å². The summed E-state index contributed by atoms with van der Waals surface area (Å²) in [5.41, 5.74) is 2.39. The Labute approximate surface area is 91.7 Å². The molecule has 1 heterocycles. The molecule has 0 spiro atoms. The van der Waals surface area contributed by atoms with E-state index in [0.29, 0.717) is 5.41 Å². The van der Waals surface area contributed by atoms with Gasteiger partial charge in [0.2, 0.25) is 0 Å². The first-order chi connectivity index (χ1) is 6.24. The van der Waals surface area contributed by atoms with Gasteiger partial charge in [0, 0.05) is 16.4 Å². The van der Waals surface area contributed by atoms with Crippen molar-refractivity contribution >= 4 is 27.3 Å². The lowest BCUT2D eigenvalue weighted by Gasteiger charge is -2.26. The van der Waals surface area contributed by atoms with Crippen molar-refractivity contribution in [3.63, 3.8) is 0 Å². The van der Waals surface area contributed by atoms with Crippen molar-refractivity contribution in [2.24, 2.45) is 11.3 Å². The standard InChI is InChI=1S/C10H14BrNS/c1-10(6-11,8-2-3-8)4-9-5-12-7-13-9/h5,7-8H,2-4,6H2,1H3. The van der Waals surface area contributed by atoms with Gasteiger partial charge < -0.3 is 0 Å². The van der Waals surface area contributed by atoms with Gasteiger partial charge in [0.15, 0.2) is 0 Å². The Kier molecular flexibility index (Phi) is 2.75. The van der Waals surface area contributed by atoms with E-state index in [2.05, 4.69) is 27.8 Å². The van der Waals surface area contributed by atoms with Gasteiger partial charge in [-0.15, -0.1) is 11.3 Å². The summed E-state index contributed by atoms with van der Waals surface area (Å²) in [6.07, 6.45) is 6.03. The highest BCUT2D eigenvalue weighted by atomic mass is 79.9. The molecule has 0 radical (unpaired) electrons. The highest BCUT2D eigenvalue weighted by Crippen LogP contribution is 2.48. The molecule has 0 saturated heterocycles. The number of hydrogen-bond donors (Lipinski definition) is 0. The van der Waals surface area contributed by atoms with Crippen LogP contribution < -0.4 is 0 Å². The van der Waals surface area contributed by atoms with Crippen LogP contribution in [0.25, 0.3) is 0 Å². The fraction of sp³-hybridized carbons (Fsp3) is 0.700. The zero-order valence-electron chi connectivity index (χ0n) is 7.79. The fourth-order valence-electron chi connectivity index (χ4n) is 1.81. The summed E-state index contributed by atoms with van der Waals surface area (Å²) in [4.78, 5) is 5.55. The highest BCUT2D eigenvalue weighted by Gasteiger charge is 2.40. The van der Waals surface area contributed by atoms with E-state index in [1.807, 2.05) is 11.7 Å². The van der Waals surface area contributed by atoms with E-state index in [9.17, 15) is 0 Å². The predicted octanol–water partition coefficient (Wildman–Crippen LogP) is 3.50. The normalized spacial score (nSPS) is 21.4. The smallest absolute Gasteiger partial charge is 0.0794 e. The summed E-state index contributed by atoms with van der Waals surface area (Å²) >= 11 is 5.42. The number of hydrogen-bond acceptors (Lipinski definition) is 2. The molecule has 1 aromatic rings. The number of aromatic nitrogens is 1. The third kappa shape index (κ3) is 2.13. The minimum Gasteiger partial charge on any atom is -0.253 e. The van der Waals surface area contributed by atoms with Crippen LogP contribution in [-0.4, -0.2) is 10.3 Å². The Hall–Kier alpha value is 0.110. The summed E-state index contributed by atoms with van der Waals surface area (Å²) in [6, 6.07) is 0. The molecule has 0 aliphatic heterocycles. The zero-order valence-corrected chi connectivity index (χ0v) is 10.2. The minimum absolute atomic E-state index is 0.465. The third-order valence-corrected chi connectivity index (χ3v) is 4.99. The van der Waals surface area contributed by atoms with Crippen molar-refractivity contribution in [3.8, 4) is 0 Å². The Morgan fingerprint density at radius 1 is 1.69 bits per heavy atom. The van der Waals surface area contributed by atoms with Crippen molar-refractivity contribution < 1.29 is 0 Å². The van der Waals surface area contributed by atoms with E-state index in [-0.39, 0.29) is 0 Å².